The van der Waals surface area contributed by atoms with Gasteiger partial charge in [0.1, 0.15) is 0 Å². The van der Waals surface area contributed by atoms with Crippen LogP contribution in [0.25, 0.3) is 0 Å². The maximum Gasteiger partial charge on any atom is 0.0764 e. The van der Waals surface area contributed by atoms with Gasteiger partial charge in [-0.25, -0.2) is 0 Å². The van der Waals surface area contributed by atoms with Gasteiger partial charge in [-0.05, 0) is 27.0 Å². The van der Waals surface area contributed by atoms with Gasteiger partial charge in [-0.3, -0.25) is 9.58 Å². The summed E-state index contributed by atoms with van der Waals surface area (Å²) in [6.07, 6.45) is 2.04. The number of ether oxygens (including phenoxy) is 1. The lowest BCUT2D eigenvalue weighted by Crippen LogP contribution is -2.28. The lowest BCUT2D eigenvalue weighted by atomic mass is 10.3. The van der Waals surface area contributed by atoms with Crippen LogP contribution in [0.1, 0.15) is 25.6 Å². The van der Waals surface area contributed by atoms with Crippen molar-refractivity contribution in [1.82, 2.24) is 14.7 Å². The van der Waals surface area contributed by atoms with Crippen molar-refractivity contribution in [3.63, 3.8) is 0 Å². The molecule has 0 spiro atoms. The average molecular weight is 304 g/mol. The molecule has 1 atom stereocenters. The molecule has 5 heteroatoms. The van der Waals surface area contributed by atoms with E-state index in [2.05, 4.69) is 52.9 Å². The van der Waals surface area contributed by atoms with E-state index >= 15 is 0 Å². The Labute approximate surface area is 112 Å². The number of hydrogen-bond donors (Lipinski definition) is 0. The predicted octanol–water partition coefficient (Wildman–Crippen LogP) is 2.31. The topological polar surface area (TPSA) is 30.3 Å². The SMILES string of the molecule is COCC(Br)CN(C)Cc1ccn(C(C)C)n1. The minimum Gasteiger partial charge on any atom is -0.383 e. The molecule has 0 fully saturated rings. The van der Waals surface area contributed by atoms with E-state index < -0.39 is 0 Å². The first-order valence-corrected chi connectivity index (χ1v) is 6.80. The minimum atomic E-state index is 0.365. The van der Waals surface area contributed by atoms with E-state index in [9.17, 15) is 0 Å². The quantitative estimate of drug-likeness (QED) is 0.724. The Morgan fingerprint density at radius 1 is 1.53 bits per heavy atom. The summed E-state index contributed by atoms with van der Waals surface area (Å²) >= 11 is 3.59. The number of methoxy groups -OCH3 is 1. The Kier molecular flexibility index (Phi) is 6.16. The number of hydrogen-bond acceptors (Lipinski definition) is 3. The van der Waals surface area contributed by atoms with Crippen molar-refractivity contribution < 1.29 is 4.74 Å². The van der Waals surface area contributed by atoms with Gasteiger partial charge in [0.25, 0.3) is 0 Å². The molecule has 0 aromatic carbocycles. The van der Waals surface area contributed by atoms with E-state index in [1.165, 1.54) is 0 Å². The summed E-state index contributed by atoms with van der Waals surface area (Å²) in [6.45, 7) is 6.81. The maximum atomic E-state index is 5.10. The van der Waals surface area contributed by atoms with Crippen LogP contribution < -0.4 is 0 Å². The van der Waals surface area contributed by atoms with Gasteiger partial charge in [-0.15, -0.1) is 0 Å². The smallest absolute Gasteiger partial charge is 0.0764 e. The molecule has 0 aliphatic heterocycles. The van der Waals surface area contributed by atoms with Crippen molar-refractivity contribution in [3.8, 4) is 0 Å². The van der Waals surface area contributed by atoms with Gasteiger partial charge in [-0.2, -0.15) is 5.10 Å². The Morgan fingerprint density at radius 3 is 2.76 bits per heavy atom. The van der Waals surface area contributed by atoms with Gasteiger partial charge in [0.15, 0.2) is 0 Å². The van der Waals surface area contributed by atoms with E-state index in [1.54, 1.807) is 7.11 Å². The summed E-state index contributed by atoms with van der Waals surface area (Å²) in [5.41, 5.74) is 1.11. The lowest BCUT2D eigenvalue weighted by molar-refractivity contribution is 0.184. The third-order valence-electron chi connectivity index (χ3n) is 2.48. The molecule has 0 aliphatic carbocycles. The molecule has 4 nitrogen and oxygen atoms in total. The number of halogens is 1. The molecule has 0 N–H and O–H groups in total. The molecule has 0 radical (unpaired) electrons. The zero-order chi connectivity index (χ0) is 12.8. The summed E-state index contributed by atoms with van der Waals surface area (Å²) in [6, 6.07) is 2.50. The molecule has 1 unspecified atom stereocenters. The average Bonchev–Trinajstić information content (AvgIpc) is 2.66. The molecular weight excluding hydrogens is 282 g/mol. The molecule has 0 saturated carbocycles. The largest absolute Gasteiger partial charge is 0.383 e. The standard InChI is InChI=1S/C12H22BrN3O/c1-10(2)16-6-5-12(14-16)8-15(3)7-11(13)9-17-4/h5-6,10-11H,7-9H2,1-4H3. The van der Waals surface area contributed by atoms with Crippen LogP contribution >= 0.6 is 15.9 Å². The number of aromatic nitrogens is 2. The second-order valence-electron chi connectivity index (χ2n) is 4.63. The Balaban J connectivity index is 2.41. The highest BCUT2D eigenvalue weighted by molar-refractivity contribution is 9.09. The van der Waals surface area contributed by atoms with E-state index in [1.807, 2.05) is 10.9 Å². The summed E-state index contributed by atoms with van der Waals surface area (Å²) < 4.78 is 7.09. The monoisotopic (exact) mass is 303 g/mol. The number of nitrogens with zero attached hydrogens (tertiary/aromatic N) is 3. The van der Waals surface area contributed by atoms with Crippen molar-refractivity contribution in [2.45, 2.75) is 31.3 Å². The Morgan fingerprint density at radius 2 is 2.24 bits per heavy atom. The second-order valence-corrected chi connectivity index (χ2v) is 5.93. The molecule has 1 aromatic rings. The fourth-order valence-corrected chi connectivity index (χ4v) is 2.42. The molecule has 17 heavy (non-hydrogen) atoms. The molecule has 98 valence electrons. The van der Waals surface area contributed by atoms with Gasteiger partial charge in [0.2, 0.25) is 0 Å². The molecule has 0 saturated heterocycles. The van der Waals surface area contributed by atoms with Gasteiger partial charge in [-0.1, -0.05) is 15.9 Å². The Bertz CT molecular complexity index is 327. The van der Waals surface area contributed by atoms with Crippen LogP contribution in [-0.2, 0) is 11.3 Å². The number of alkyl halides is 1. The first kappa shape index (κ1) is 14.7. The summed E-state index contributed by atoms with van der Waals surface area (Å²) in [5, 5.41) is 4.53. The third kappa shape index (κ3) is 5.19. The highest BCUT2D eigenvalue weighted by Crippen LogP contribution is 2.08. The summed E-state index contributed by atoms with van der Waals surface area (Å²) in [4.78, 5) is 2.61. The van der Waals surface area contributed by atoms with Gasteiger partial charge in [0, 0.05) is 32.4 Å². The molecule has 1 rings (SSSR count). The first-order chi connectivity index (χ1) is 8.02. The van der Waals surface area contributed by atoms with Crippen LogP contribution in [0.5, 0.6) is 0 Å². The normalized spacial score (nSPS) is 13.6. The van der Waals surface area contributed by atoms with Crippen LogP contribution in [0.4, 0.5) is 0 Å². The lowest BCUT2D eigenvalue weighted by Gasteiger charge is -2.18. The Hall–Kier alpha value is -0.390. The van der Waals surface area contributed by atoms with E-state index in [0.29, 0.717) is 10.9 Å². The fraction of sp³-hybridized carbons (Fsp3) is 0.750. The second kappa shape index (κ2) is 7.13. The maximum absolute atomic E-state index is 5.10. The highest BCUT2D eigenvalue weighted by atomic mass is 79.9. The highest BCUT2D eigenvalue weighted by Gasteiger charge is 2.10. The van der Waals surface area contributed by atoms with Crippen molar-refractivity contribution in [1.29, 1.82) is 0 Å². The van der Waals surface area contributed by atoms with Gasteiger partial charge >= 0.3 is 0 Å². The van der Waals surface area contributed by atoms with E-state index in [0.717, 1.165) is 25.4 Å². The van der Waals surface area contributed by atoms with Crippen molar-refractivity contribution in [2.75, 3.05) is 27.3 Å². The minimum absolute atomic E-state index is 0.365. The molecule has 1 aromatic heterocycles. The molecule has 1 heterocycles. The zero-order valence-electron chi connectivity index (χ0n) is 11.1. The van der Waals surface area contributed by atoms with Gasteiger partial charge in [0.05, 0.1) is 17.1 Å². The summed E-state index contributed by atoms with van der Waals surface area (Å²) in [5.74, 6) is 0. The van der Waals surface area contributed by atoms with Crippen LogP contribution in [-0.4, -0.2) is 46.8 Å². The molecule has 0 bridgehead atoms. The fourth-order valence-electron chi connectivity index (χ4n) is 1.66. The van der Waals surface area contributed by atoms with Gasteiger partial charge < -0.3 is 4.74 Å². The first-order valence-electron chi connectivity index (χ1n) is 5.88. The predicted molar refractivity (Wildman–Crippen MR) is 73.5 cm³/mol. The van der Waals surface area contributed by atoms with Crippen LogP contribution in [0.2, 0.25) is 0 Å². The number of rotatable bonds is 7. The van der Waals surface area contributed by atoms with Crippen molar-refractivity contribution >= 4 is 15.9 Å². The summed E-state index contributed by atoms with van der Waals surface area (Å²) in [7, 11) is 3.82. The molecular formula is C12H22BrN3O. The van der Waals surface area contributed by atoms with Crippen molar-refractivity contribution in [3.05, 3.63) is 18.0 Å². The van der Waals surface area contributed by atoms with Crippen molar-refractivity contribution in [2.24, 2.45) is 0 Å². The van der Waals surface area contributed by atoms with Crippen LogP contribution in [0.3, 0.4) is 0 Å². The molecule has 0 aliphatic rings. The van der Waals surface area contributed by atoms with E-state index in [4.69, 9.17) is 4.74 Å². The molecule has 0 amide bonds. The zero-order valence-corrected chi connectivity index (χ0v) is 12.6. The van der Waals surface area contributed by atoms with Crippen LogP contribution in [0.15, 0.2) is 12.3 Å². The van der Waals surface area contributed by atoms with Crippen LogP contribution in [0, 0.1) is 0 Å². The third-order valence-corrected chi connectivity index (χ3v) is 3.04. The van der Waals surface area contributed by atoms with E-state index in [-0.39, 0.29) is 0 Å².